The maximum absolute atomic E-state index is 12.5. The lowest BCUT2D eigenvalue weighted by atomic mass is 10.1. The van der Waals surface area contributed by atoms with Crippen LogP contribution in [0.4, 0.5) is 5.69 Å². The van der Waals surface area contributed by atoms with Crippen LogP contribution in [0.5, 0.6) is 0 Å². The molecule has 0 amide bonds. The van der Waals surface area contributed by atoms with Gasteiger partial charge in [0.25, 0.3) is 0 Å². The van der Waals surface area contributed by atoms with Crippen LogP contribution in [0.1, 0.15) is 21.5 Å². The van der Waals surface area contributed by atoms with E-state index in [0.29, 0.717) is 6.54 Å². The van der Waals surface area contributed by atoms with Crippen LogP contribution in [0.15, 0.2) is 48.7 Å². The Balaban J connectivity index is 1.82. The number of hydrogen-bond acceptors (Lipinski definition) is 2. The van der Waals surface area contributed by atoms with E-state index in [1.165, 1.54) is 11.1 Å². The van der Waals surface area contributed by atoms with Gasteiger partial charge in [0.2, 0.25) is 0 Å². The average Bonchev–Trinajstić information content (AvgIpc) is 2.82. The Hall–Kier alpha value is -2.55. The van der Waals surface area contributed by atoms with Gasteiger partial charge in [-0.05, 0) is 43.2 Å². The Labute approximate surface area is 130 Å². The molecule has 0 unspecified atom stereocenters. The first-order valence-corrected chi connectivity index (χ1v) is 7.44. The fourth-order valence-electron chi connectivity index (χ4n) is 2.92. The molecule has 0 aliphatic rings. The molecule has 2 aromatic carbocycles. The lowest BCUT2D eigenvalue weighted by molar-refractivity contribution is 0.101. The number of benzene rings is 2. The zero-order valence-electron chi connectivity index (χ0n) is 13.2. The largest absolute Gasteiger partial charge is 0.378 e. The quantitative estimate of drug-likeness (QED) is 0.735. The van der Waals surface area contributed by atoms with Gasteiger partial charge in [0, 0.05) is 35.4 Å². The first-order chi connectivity index (χ1) is 10.5. The fraction of sp³-hybridized carbons (Fsp3) is 0.211. The summed E-state index contributed by atoms with van der Waals surface area (Å²) in [5, 5.41) is 4.25. The molecule has 112 valence electrons. The summed E-state index contributed by atoms with van der Waals surface area (Å²) in [5.74, 6) is 0.107. The minimum atomic E-state index is 0.107. The van der Waals surface area contributed by atoms with Crippen LogP contribution in [-0.2, 0) is 7.05 Å². The Morgan fingerprint density at radius 1 is 1.09 bits per heavy atom. The minimum Gasteiger partial charge on any atom is -0.378 e. The number of nitrogens with one attached hydrogen (secondary N) is 1. The molecule has 0 aliphatic carbocycles. The number of ketones is 1. The molecule has 0 fully saturated rings. The zero-order chi connectivity index (χ0) is 15.7. The molecule has 0 spiro atoms. The third-order valence-electron chi connectivity index (χ3n) is 3.87. The number of rotatable bonds is 4. The van der Waals surface area contributed by atoms with Crippen LogP contribution in [-0.4, -0.2) is 16.9 Å². The van der Waals surface area contributed by atoms with Gasteiger partial charge in [-0.15, -0.1) is 0 Å². The molecule has 0 saturated heterocycles. The summed E-state index contributed by atoms with van der Waals surface area (Å²) < 4.78 is 2.00. The summed E-state index contributed by atoms with van der Waals surface area (Å²) in [4.78, 5) is 12.5. The summed E-state index contributed by atoms with van der Waals surface area (Å²) in [7, 11) is 1.97. The maximum Gasteiger partial charge on any atom is 0.184 e. The summed E-state index contributed by atoms with van der Waals surface area (Å²) in [6.45, 7) is 4.42. The predicted octanol–water partition coefficient (Wildman–Crippen LogP) is 4.09. The molecular weight excluding hydrogens is 272 g/mol. The van der Waals surface area contributed by atoms with E-state index in [4.69, 9.17) is 0 Å². The van der Waals surface area contributed by atoms with Crippen LogP contribution in [0.25, 0.3) is 10.9 Å². The summed E-state index contributed by atoms with van der Waals surface area (Å²) in [5.41, 5.74) is 5.23. The minimum absolute atomic E-state index is 0.107. The van der Waals surface area contributed by atoms with E-state index >= 15 is 0 Å². The number of fused-ring (bicyclic) bond motifs is 1. The second-order valence-electron chi connectivity index (χ2n) is 5.82. The van der Waals surface area contributed by atoms with E-state index < -0.39 is 0 Å². The van der Waals surface area contributed by atoms with E-state index in [9.17, 15) is 4.79 Å². The maximum atomic E-state index is 12.5. The SMILES string of the molecule is Cc1cc(C)cc(NCC(=O)c2cn(C)c3ccccc23)c1. The molecule has 22 heavy (non-hydrogen) atoms. The van der Waals surface area contributed by atoms with E-state index in [0.717, 1.165) is 22.2 Å². The van der Waals surface area contributed by atoms with Crippen molar-refractivity contribution in [1.82, 2.24) is 4.57 Å². The van der Waals surface area contributed by atoms with Gasteiger partial charge in [0.1, 0.15) is 0 Å². The van der Waals surface area contributed by atoms with Gasteiger partial charge in [-0.3, -0.25) is 4.79 Å². The van der Waals surface area contributed by atoms with Crippen molar-refractivity contribution < 1.29 is 4.79 Å². The van der Waals surface area contributed by atoms with Gasteiger partial charge in [0.15, 0.2) is 5.78 Å². The van der Waals surface area contributed by atoms with Crippen molar-refractivity contribution in [2.24, 2.45) is 7.05 Å². The fourth-order valence-corrected chi connectivity index (χ4v) is 2.92. The number of aromatic nitrogens is 1. The Bertz CT molecular complexity index is 826. The number of anilines is 1. The van der Waals surface area contributed by atoms with Gasteiger partial charge in [-0.1, -0.05) is 24.3 Å². The monoisotopic (exact) mass is 292 g/mol. The normalized spacial score (nSPS) is 10.9. The zero-order valence-corrected chi connectivity index (χ0v) is 13.2. The van der Waals surface area contributed by atoms with E-state index in [2.05, 4.69) is 37.4 Å². The van der Waals surface area contributed by atoms with Crippen molar-refractivity contribution in [3.05, 3.63) is 65.4 Å². The molecule has 0 atom stereocenters. The molecular formula is C19H20N2O. The Morgan fingerprint density at radius 2 is 1.77 bits per heavy atom. The van der Waals surface area contributed by atoms with Crippen LogP contribution in [0.2, 0.25) is 0 Å². The number of hydrogen-bond donors (Lipinski definition) is 1. The topological polar surface area (TPSA) is 34.0 Å². The number of Topliss-reactive ketones (excluding diaryl/α,β-unsaturated/α-hetero) is 1. The molecule has 1 aromatic heterocycles. The highest BCUT2D eigenvalue weighted by Gasteiger charge is 2.13. The number of nitrogens with zero attached hydrogens (tertiary/aromatic N) is 1. The highest BCUT2D eigenvalue weighted by molar-refractivity contribution is 6.09. The molecule has 0 bridgehead atoms. The second kappa shape index (κ2) is 5.68. The highest BCUT2D eigenvalue weighted by atomic mass is 16.1. The van der Waals surface area contributed by atoms with Crippen LogP contribution < -0.4 is 5.32 Å². The smallest absolute Gasteiger partial charge is 0.184 e. The van der Waals surface area contributed by atoms with Crippen molar-refractivity contribution in [2.45, 2.75) is 13.8 Å². The van der Waals surface area contributed by atoms with Gasteiger partial charge >= 0.3 is 0 Å². The summed E-state index contributed by atoms with van der Waals surface area (Å²) in [6, 6.07) is 14.2. The van der Waals surface area contributed by atoms with Crippen molar-refractivity contribution in [3.63, 3.8) is 0 Å². The van der Waals surface area contributed by atoms with E-state index in [1.807, 2.05) is 42.1 Å². The Kier molecular flexibility index (Phi) is 3.72. The highest BCUT2D eigenvalue weighted by Crippen LogP contribution is 2.21. The molecule has 0 radical (unpaired) electrons. The second-order valence-corrected chi connectivity index (χ2v) is 5.82. The molecule has 0 aliphatic heterocycles. The molecule has 1 heterocycles. The van der Waals surface area contributed by atoms with Gasteiger partial charge < -0.3 is 9.88 Å². The van der Waals surface area contributed by atoms with Crippen molar-refractivity contribution in [2.75, 3.05) is 11.9 Å². The Morgan fingerprint density at radius 3 is 2.50 bits per heavy atom. The third kappa shape index (κ3) is 2.75. The standard InChI is InChI=1S/C19H20N2O/c1-13-8-14(2)10-15(9-13)20-11-19(22)17-12-21(3)18-7-5-4-6-16(17)18/h4-10,12,20H,11H2,1-3H3. The number of aryl methyl sites for hydroxylation is 3. The number of carbonyl (C=O) groups excluding carboxylic acids is 1. The van der Waals surface area contributed by atoms with Gasteiger partial charge in [-0.25, -0.2) is 0 Å². The van der Waals surface area contributed by atoms with Gasteiger partial charge in [0.05, 0.1) is 6.54 Å². The lowest BCUT2D eigenvalue weighted by Crippen LogP contribution is -2.13. The molecule has 3 nitrogen and oxygen atoms in total. The van der Waals surface area contributed by atoms with E-state index in [1.54, 1.807) is 0 Å². The number of para-hydroxylation sites is 1. The van der Waals surface area contributed by atoms with Gasteiger partial charge in [-0.2, -0.15) is 0 Å². The van der Waals surface area contributed by atoms with Crippen molar-refractivity contribution in [1.29, 1.82) is 0 Å². The van der Waals surface area contributed by atoms with Crippen LogP contribution >= 0.6 is 0 Å². The van der Waals surface area contributed by atoms with Crippen LogP contribution in [0.3, 0.4) is 0 Å². The first kappa shape index (κ1) is 14.4. The predicted molar refractivity (Wildman–Crippen MR) is 91.7 cm³/mol. The molecule has 0 saturated carbocycles. The summed E-state index contributed by atoms with van der Waals surface area (Å²) >= 11 is 0. The third-order valence-corrected chi connectivity index (χ3v) is 3.87. The molecule has 3 aromatic rings. The molecule has 1 N–H and O–H groups in total. The van der Waals surface area contributed by atoms with Crippen LogP contribution in [0, 0.1) is 13.8 Å². The lowest BCUT2D eigenvalue weighted by Gasteiger charge is -2.07. The van der Waals surface area contributed by atoms with Crippen molar-refractivity contribution in [3.8, 4) is 0 Å². The average molecular weight is 292 g/mol. The summed E-state index contributed by atoms with van der Waals surface area (Å²) in [6.07, 6.45) is 1.91. The first-order valence-electron chi connectivity index (χ1n) is 7.44. The molecule has 3 rings (SSSR count). The van der Waals surface area contributed by atoms with E-state index in [-0.39, 0.29) is 5.78 Å². The number of carbonyl (C=O) groups is 1. The molecule has 3 heteroatoms. The van der Waals surface area contributed by atoms with Crippen molar-refractivity contribution >= 4 is 22.4 Å².